The van der Waals surface area contributed by atoms with Gasteiger partial charge in [0.15, 0.2) is 0 Å². The fourth-order valence-corrected chi connectivity index (χ4v) is 4.27. The Hall–Kier alpha value is -2.26. The van der Waals surface area contributed by atoms with Gasteiger partial charge in [-0.25, -0.2) is 0 Å². The van der Waals surface area contributed by atoms with Crippen molar-refractivity contribution in [3.05, 3.63) is 82.3 Å². The van der Waals surface area contributed by atoms with Crippen molar-refractivity contribution in [3.8, 4) is 22.4 Å². The summed E-state index contributed by atoms with van der Waals surface area (Å²) in [4.78, 5) is 3.58. The van der Waals surface area contributed by atoms with E-state index in [-0.39, 0.29) is 0 Å². The molecule has 0 saturated heterocycles. The highest BCUT2D eigenvalue weighted by atomic mass is 35.5. The number of hydrogen-bond acceptors (Lipinski definition) is 1. The van der Waals surface area contributed by atoms with Crippen molar-refractivity contribution in [1.29, 1.82) is 0 Å². The van der Waals surface area contributed by atoms with E-state index in [1.165, 1.54) is 16.7 Å². The van der Waals surface area contributed by atoms with Gasteiger partial charge in [-0.05, 0) is 54.6 Å². The van der Waals surface area contributed by atoms with Crippen molar-refractivity contribution < 1.29 is 0 Å². The summed E-state index contributed by atoms with van der Waals surface area (Å²) in [6.07, 6.45) is 2.88. The highest BCUT2D eigenvalue weighted by Gasteiger charge is 2.19. The van der Waals surface area contributed by atoms with Crippen LogP contribution in [-0.4, -0.2) is 11.5 Å². The lowest BCUT2D eigenvalue weighted by atomic mass is 9.94. The maximum atomic E-state index is 6.60. The second-order valence-electron chi connectivity index (χ2n) is 6.92. The highest BCUT2D eigenvalue weighted by molar-refractivity contribution is 6.40. The van der Waals surface area contributed by atoms with Gasteiger partial charge in [0.1, 0.15) is 0 Å². The van der Waals surface area contributed by atoms with Gasteiger partial charge < -0.3 is 10.7 Å². The Morgan fingerprint density at radius 2 is 1.43 bits per heavy atom. The molecule has 0 aliphatic rings. The van der Waals surface area contributed by atoms with Crippen molar-refractivity contribution in [2.45, 2.75) is 19.3 Å². The van der Waals surface area contributed by atoms with Gasteiger partial charge in [0.25, 0.3) is 0 Å². The lowest BCUT2D eigenvalue weighted by Gasteiger charge is -2.11. The third-order valence-corrected chi connectivity index (χ3v) is 5.75. The molecule has 0 aliphatic carbocycles. The van der Waals surface area contributed by atoms with Gasteiger partial charge in [-0.3, -0.25) is 0 Å². The molecule has 1 aromatic heterocycles. The van der Waals surface area contributed by atoms with Crippen LogP contribution >= 0.6 is 23.2 Å². The molecule has 0 bridgehead atoms. The lowest BCUT2D eigenvalue weighted by Crippen LogP contribution is -1.99. The molecule has 0 fully saturated rings. The number of hydrogen-bond donors (Lipinski definition) is 2. The molecule has 4 aromatic rings. The van der Waals surface area contributed by atoms with Gasteiger partial charge in [-0.2, -0.15) is 0 Å². The average Bonchev–Trinajstić information content (AvgIpc) is 3.12. The molecule has 4 rings (SSSR count). The molecule has 142 valence electrons. The Morgan fingerprint density at radius 1 is 0.750 bits per heavy atom. The van der Waals surface area contributed by atoms with Crippen LogP contribution in [0.15, 0.2) is 66.7 Å². The van der Waals surface area contributed by atoms with Crippen molar-refractivity contribution in [3.63, 3.8) is 0 Å². The maximum absolute atomic E-state index is 6.60. The SMILES string of the molecule is NCCCCc1c(-c2ccccc2-c2ccccc2)[nH]c2c(Cl)ccc(Cl)c12. The molecule has 0 saturated carbocycles. The Balaban J connectivity index is 1.96. The van der Waals surface area contributed by atoms with E-state index < -0.39 is 0 Å². The normalized spacial score (nSPS) is 11.2. The summed E-state index contributed by atoms with van der Waals surface area (Å²) in [5.74, 6) is 0. The molecule has 0 unspecified atom stereocenters. The van der Waals surface area contributed by atoms with E-state index in [9.17, 15) is 0 Å². The van der Waals surface area contributed by atoms with E-state index in [1.807, 2.05) is 18.2 Å². The number of nitrogens with two attached hydrogens (primary N) is 1. The smallest absolute Gasteiger partial charge is 0.0666 e. The molecule has 0 aliphatic heterocycles. The Morgan fingerprint density at radius 3 is 2.18 bits per heavy atom. The van der Waals surface area contributed by atoms with Crippen LogP contribution in [0, 0.1) is 0 Å². The van der Waals surface area contributed by atoms with Crippen LogP contribution in [-0.2, 0) is 6.42 Å². The van der Waals surface area contributed by atoms with E-state index in [1.54, 1.807) is 0 Å². The molecule has 3 N–H and O–H groups in total. The van der Waals surface area contributed by atoms with Gasteiger partial charge in [0.2, 0.25) is 0 Å². The summed E-state index contributed by atoms with van der Waals surface area (Å²) in [5.41, 5.74) is 12.4. The van der Waals surface area contributed by atoms with Crippen LogP contribution < -0.4 is 5.73 Å². The number of benzene rings is 3. The summed E-state index contributed by atoms with van der Waals surface area (Å²) < 4.78 is 0. The average molecular weight is 409 g/mol. The van der Waals surface area contributed by atoms with Gasteiger partial charge in [0, 0.05) is 10.9 Å². The molecular formula is C24H22Cl2N2. The summed E-state index contributed by atoms with van der Waals surface area (Å²) in [6, 6.07) is 22.6. The second kappa shape index (κ2) is 8.40. The topological polar surface area (TPSA) is 41.8 Å². The van der Waals surface area contributed by atoms with Crippen LogP contribution in [0.25, 0.3) is 33.3 Å². The van der Waals surface area contributed by atoms with Crippen LogP contribution in [0.1, 0.15) is 18.4 Å². The maximum Gasteiger partial charge on any atom is 0.0666 e. The Kier molecular flexibility index (Phi) is 5.72. The van der Waals surface area contributed by atoms with Crippen LogP contribution in [0.5, 0.6) is 0 Å². The number of fused-ring (bicyclic) bond motifs is 1. The third kappa shape index (κ3) is 3.56. The van der Waals surface area contributed by atoms with Crippen LogP contribution in [0.3, 0.4) is 0 Å². The zero-order chi connectivity index (χ0) is 19.5. The fourth-order valence-electron chi connectivity index (χ4n) is 3.79. The molecule has 4 heteroatoms. The fraction of sp³-hybridized carbons (Fsp3) is 0.167. The van der Waals surface area contributed by atoms with E-state index in [2.05, 4.69) is 53.5 Å². The van der Waals surface area contributed by atoms with Gasteiger partial charge >= 0.3 is 0 Å². The molecular weight excluding hydrogens is 387 g/mol. The lowest BCUT2D eigenvalue weighted by molar-refractivity contribution is 0.748. The minimum atomic E-state index is 0.683. The van der Waals surface area contributed by atoms with Crippen LogP contribution in [0.4, 0.5) is 0 Å². The predicted molar refractivity (Wildman–Crippen MR) is 121 cm³/mol. The summed E-state index contributed by atoms with van der Waals surface area (Å²) >= 11 is 13.1. The first-order valence-corrected chi connectivity index (χ1v) is 10.3. The highest BCUT2D eigenvalue weighted by Crippen LogP contribution is 2.41. The number of rotatable bonds is 6. The monoisotopic (exact) mass is 408 g/mol. The summed E-state index contributed by atoms with van der Waals surface area (Å²) in [6.45, 7) is 0.687. The molecule has 2 nitrogen and oxygen atoms in total. The number of halogens is 2. The molecule has 3 aromatic carbocycles. The van der Waals surface area contributed by atoms with Gasteiger partial charge in [-0.1, -0.05) is 77.8 Å². The molecule has 0 radical (unpaired) electrons. The van der Waals surface area contributed by atoms with Crippen molar-refractivity contribution in [2.75, 3.05) is 6.54 Å². The molecule has 0 spiro atoms. The summed E-state index contributed by atoms with van der Waals surface area (Å²) in [7, 11) is 0. The standard InChI is InChI=1S/C24H22Cl2N2/c25-20-13-14-21(26)24-22(20)19(12-6-7-15-27)23(28-24)18-11-5-4-10-17(18)16-8-2-1-3-9-16/h1-5,8-11,13-14,28H,6-7,12,15,27H2. The number of aromatic amines is 1. The minimum Gasteiger partial charge on any atom is -0.353 e. The molecule has 0 atom stereocenters. The van der Waals surface area contributed by atoms with Crippen LogP contribution in [0.2, 0.25) is 10.0 Å². The molecule has 1 heterocycles. The van der Waals surface area contributed by atoms with Crippen molar-refractivity contribution in [1.82, 2.24) is 4.98 Å². The zero-order valence-corrected chi connectivity index (χ0v) is 17.0. The van der Waals surface area contributed by atoms with E-state index >= 15 is 0 Å². The van der Waals surface area contributed by atoms with E-state index in [0.717, 1.165) is 46.4 Å². The Labute approximate surface area is 175 Å². The van der Waals surface area contributed by atoms with Gasteiger partial charge in [0.05, 0.1) is 21.3 Å². The molecule has 28 heavy (non-hydrogen) atoms. The number of aryl methyl sites for hydroxylation is 1. The minimum absolute atomic E-state index is 0.683. The predicted octanol–water partition coefficient (Wildman–Crippen LogP) is 7.09. The summed E-state index contributed by atoms with van der Waals surface area (Å²) in [5, 5.41) is 2.42. The van der Waals surface area contributed by atoms with Crippen molar-refractivity contribution in [2.24, 2.45) is 5.73 Å². The van der Waals surface area contributed by atoms with E-state index in [4.69, 9.17) is 28.9 Å². The number of aromatic nitrogens is 1. The second-order valence-corrected chi connectivity index (χ2v) is 7.73. The first-order valence-electron chi connectivity index (χ1n) is 9.54. The quantitative estimate of drug-likeness (QED) is 0.328. The molecule has 0 amide bonds. The first kappa shape index (κ1) is 19.1. The zero-order valence-electron chi connectivity index (χ0n) is 15.5. The first-order chi connectivity index (χ1) is 13.7. The largest absolute Gasteiger partial charge is 0.353 e. The third-order valence-electron chi connectivity index (χ3n) is 5.12. The van der Waals surface area contributed by atoms with E-state index in [0.29, 0.717) is 11.6 Å². The Bertz CT molecular complexity index is 1100. The number of nitrogens with one attached hydrogen (secondary N) is 1. The van der Waals surface area contributed by atoms with Crippen molar-refractivity contribution >= 4 is 34.1 Å². The van der Waals surface area contributed by atoms with Gasteiger partial charge in [-0.15, -0.1) is 0 Å². The number of unbranched alkanes of at least 4 members (excludes halogenated alkanes) is 1. The number of H-pyrrole nitrogens is 1.